The predicted octanol–water partition coefficient (Wildman–Crippen LogP) is 5.85. The van der Waals surface area contributed by atoms with Gasteiger partial charge in [-0.15, -0.1) is 0 Å². The standard InChI is InChI=1S/C18H15Br2FO2S/c1-24(22,23)18-8-6-12(10-17(18)21)14-4-2-3-13(14)11-5-7-15(19)16(20)9-11/h5-10H,2-4H2,1H3. The molecule has 0 atom stereocenters. The molecule has 0 amide bonds. The third-order valence-electron chi connectivity index (χ3n) is 4.17. The summed E-state index contributed by atoms with van der Waals surface area (Å²) in [6.07, 6.45) is 3.82. The first-order chi connectivity index (χ1) is 11.3. The molecule has 126 valence electrons. The van der Waals surface area contributed by atoms with Crippen molar-refractivity contribution in [1.82, 2.24) is 0 Å². The summed E-state index contributed by atoms with van der Waals surface area (Å²) in [5.41, 5.74) is 4.13. The van der Waals surface area contributed by atoms with Crippen LogP contribution in [0.25, 0.3) is 11.1 Å². The molecule has 0 heterocycles. The second-order valence-electron chi connectivity index (χ2n) is 5.86. The van der Waals surface area contributed by atoms with E-state index in [9.17, 15) is 12.8 Å². The van der Waals surface area contributed by atoms with Crippen LogP contribution in [0.3, 0.4) is 0 Å². The van der Waals surface area contributed by atoms with Crippen LogP contribution in [0, 0.1) is 5.82 Å². The Morgan fingerprint density at radius 3 is 2.04 bits per heavy atom. The number of sulfone groups is 1. The van der Waals surface area contributed by atoms with Crippen LogP contribution in [0.1, 0.15) is 30.4 Å². The lowest BCUT2D eigenvalue weighted by Gasteiger charge is -2.11. The van der Waals surface area contributed by atoms with Crippen molar-refractivity contribution in [1.29, 1.82) is 0 Å². The van der Waals surface area contributed by atoms with Crippen molar-refractivity contribution in [3.05, 3.63) is 62.3 Å². The van der Waals surface area contributed by atoms with Crippen LogP contribution in [0.4, 0.5) is 4.39 Å². The molecule has 24 heavy (non-hydrogen) atoms. The SMILES string of the molecule is CS(=O)(=O)c1ccc(C2=C(c3ccc(Br)c(Br)c3)CCC2)cc1F. The van der Waals surface area contributed by atoms with Crippen molar-refractivity contribution in [3.63, 3.8) is 0 Å². The Labute approximate surface area is 158 Å². The molecule has 2 aromatic carbocycles. The van der Waals surface area contributed by atoms with Gasteiger partial charge in [-0.1, -0.05) is 12.1 Å². The molecule has 0 bridgehead atoms. The minimum Gasteiger partial charge on any atom is -0.224 e. The van der Waals surface area contributed by atoms with E-state index >= 15 is 0 Å². The van der Waals surface area contributed by atoms with Gasteiger partial charge in [-0.25, -0.2) is 12.8 Å². The van der Waals surface area contributed by atoms with Crippen molar-refractivity contribution >= 4 is 52.8 Å². The van der Waals surface area contributed by atoms with Crippen molar-refractivity contribution < 1.29 is 12.8 Å². The summed E-state index contributed by atoms with van der Waals surface area (Å²) in [6, 6.07) is 10.5. The van der Waals surface area contributed by atoms with E-state index in [2.05, 4.69) is 31.9 Å². The predicted molar refractivity (Wildman–Crippen MR) is 102 cm³/mol. The van der Waals surface area contributed by atoms with Crippen molar-refractivity contribution in [2.24, 2.45) is 0 Å². The monoisotopic (exact) mass is 472 g/mol. The van der Waals surface area contributed by atoms with E-state index in [1.54, 1.807) is 6.07 Å². The molecular formula is C18H15Br2FO2S. The van der Waals surface area contributed by atoms with E-state index in [0.717, 1.165) is 51.2 Å². The fraction of sp³-hybridized carbons (Fsp3) is 0.222. The number of benzene rings is 2. The van der Waals surface area contributed by atoms with E-state index in [1.165, 1.54) is 17.7 Å². The Morgan fingerprint density at radius 2 is 1.50 bits per heavy atom. The summed E-state index contributed by atoms with van der Waals surface area (Å²) in [4.78, 5) is -0.252. The molecule has 3 rings (SSSR count). The highest BCUT2D eigenvalue weighted by molar-refractivity contribution is 9.13. The Hall–Kier alpha value is -0.980. The molecule has 0 radical (unpaired) electrons. The van der Waals surface area contributed by atoms with E-state index in [4.69, 9.17) is 0 Å². The minimum atomic E-state index is -3.55. The van der Waals surface area contributed by atoms with Gasteiger partial charge < -0.3 is 0 Å². The maximum absolute atomic E-state index is 14.2. The van der Waals surface area contributed by atoms with Crippen molar-refractivity contribution in [2.75, 3.05) is 6.26 Å². The maximum Gasteiger partial charge on any atom is 0.178 e. The molecule has 1 aliphatic carbocycles. The molecule has 2 nitrogen and oxygen atoms in total. The van der Waals surface area contributed by atoms with Crippen LogP contribution >= 0.6 is 31.9 Å². The molecule has 0 aliphatic heterocycles. The number of rotatable bonds is 3. The smallest absolute Gasteiger partial charge is 0.178 e. The van der Waals surface area contributed by atoms with Crippen LogP contribution in [0.15, 0.2) is 50.2 Å². The summed E-state index contributed by atoms with van der Waals surface area (Å²) < 4.78 is 39.3. The summed E-state index contributed by atoms with van der Waals surface area (Å²) in [7, 11) is -3.55. The average molecular weight is 474 g/mol. The summed E-state index contributed by atoms with van der Waals surface area (Å²) in [6.45, 7) is 0. The van der Waals surface area contributed by atoms with Crippen LogP contribution in [0.5, 0.6) is 0 Å². The average Bonchev–Trinajstić information content (AvgIpc) is 2.98. The third kappa shape index (κ3) is 3.51. The largest absolute Gasteiger partial charge is 0.224 e. The topological polar surface area (TPSA) is 34.1 Å². The zero-order valence-electron chi connectivity index (χ0n) is 12.9. The quantitative estimate of drug-likeness (QED) is 0.560. The molecule has 0 aromatic heterocycles. The van der Waals surface area contributed by atoms with Gasteiger partial charge in [0.1, 0.15) is 10.7 Å². The zero-order valence-corrected chi connectivity index (χ0v) is 16.9. The van der Waals surface area contributed by atoms with Gasteiger partial charge in [0.05, 0.1) is 0 Å². The second kappa shape index (κ2) is 6.73. The summed E-state index contributed by atoms with van der Waals surface area (Å²) in [5.74, 6) is -0.689. The molecule has 6 heteroatoms. The fourth-order valence-corrected chi connectivity index (χ4v) is 4.41. The molecule has 0 N–H and O–H groups in total. The molecule has 1 aliphatic rings. The van der Waals surface area contributed by atoms with Gasteiger partial charge in [0.2, 0.25) is 0 Å². The number of halogens is 3. The Balaban J connectivity index is 2.09. The highest BCUT2D eigenvalue weighted by atomic mass is 79.9. The fourth-order valence-electron chi connectivity index (χ4n) is 3.05. The number of allylic oxidation sites excluding steroid dienone is 2. The minimum absolute atomic E-state index is 0.252. The van der Waals surface area contributed by atoms with Gasteiger partial charge in [-0.3, -0.25) is 0 Å². The molecule has 0 fully saturated rings. The molecule has 0 saturated carbocycles. The lowest BCUT2D eigenvalue weighted by atomic mass is 9.97. The van der Waals surface area contributed by atoms with E-state index in [1.807, 2.05) is 18.2 Å². The van der Waals surface area contributed by atoms with Crippen molar-refractivity contribution in [2.45, 2.75) is 24.2 Å². The molecule has 2 aromatic rings. The van der Waals surface area contributed by atoms with Gasteiger partial charge in [0.25, 0.3) is 0 Å². The first-order valence-electron chi connectivity index (χ1n) is 7.45. The lowest BCUT2D eigenvalue weighted by Crippen LogP contribution is -2.01. The highest BCUT2D eigenvalue weighted by Gasteiger charge is 2.21. The summed E-state index contributed by atoms with van der Waals surface area (Å²) in [5, 5.41) is 0. The molecule has 0 unspecified atom stereocenters. The van der Waals surface area contributed by atoms with Crippen LogP contribution in [-0.4, -0.2) is 14.7 Å². The number of hydrogen-bond acceptors (Lipinski definition) is 2. The van der Waals surface area contributed by atoms with Crippen molar-refractivity contribution in [3.8, 4) is 0 Å². The molecule has 0 saturated heterocycles. The van der Waals surface area contributed by atoms with Gasteiger partial charge >= 0.3 is 0 Å². The lowest BCUT2D eigenvalue weighted by molar-refractivity contribution is 0.570. The normalized spacial score (nSPS) is 15.2. The summed E-state index contributed by atoms with van der Waals surface area (Å²) >= 11 is 6.98. The Bertz CT molecular complexity index is 949. The maximum atomic E-state index is 14.2. The van der Waals surface area contributed by atoms with E-state index in [-0.39, 0.29) is 4.90 Å². The van der Waals surface area contributed by atoms with E-state index in [0.29, 0.717) is 0 Å². The third-order valence-corrected chi connectivity index (χ3v) is 7.18. The van der Waals surface area contributed by atoms with Gasteiger partial charge in [-0.2, -0.15) is 0 Å². The van der Waals surface area contributed by atoms with Gasteiger partial charge in [0.15, 0.2) is 9.84 Å². The van der Waals surface area contributed by atoms with Crippen LogP contribution in [-0.2, 0) is 9.84 Å². The van der Waals surface area contributed by atoms with Gasteiger partial charge in [-0.05, 0) is 97.7 Å². The van der Waals surface area contributed by atoms with Crippen LogP contribution in [0.2, 0.25) is 0 Å². The first kappa shape index (κ1) is 17.8. The second-order valence-corrected chi connectivity index (χ2v) is 9.55. The van der Waals surface area contributed by atoms with Crippen LogP contribution < -0.4 is 0 Å². The highest BCUT2D eigenvalue weighted by Crippen LogP contribution is 2.41. The first-order valence-corrected chi connectivity index (χ1v) is 10.9. The molecular weight excluding hydrogens is 459 g/mol. The Kier molecular flexibility index (Phi) is 5.00. The van der Waals surface area contributed by atoms with Gasteiger partial charge in [0, 0.05) is 15.2 Å². The Morgan fingerprint density at radius 1 is 0.917 bits per heavy atom. The number of hydrogen-bond donors (Lipinski definition) is 0. The zero-order chi connectivity index (χ0) is 17.5. The van der Waals surface area contributed by atoms with E-state index < -0.39 is 15.7 Å². The molecule has 0 spiro atoms.